The van der Waals surface area contributed by atoms with Gasteiger partial charge in [-0.05, 0) is 44.9 Å². The van der Waals surface area contributed by atoms with Crippen LogP contribution in [-0.2, 0) is 0 Å². The van der Waals surface area contributed by atoms with Gasteiger partial charge in [0.2, 0.25) is 0 Å². The number of carbonyl (C=O) groups excluding carboxylic acids is 1. The van der Waals surface area contributed by atoms with E-state index >= 15 is 0 Å². The molecule has 1 heterocycles. The van der Waals surface area contributed by atoms with Crippen molar-refractivity contribution in [1.82, 2.24) is 9.97 Å². The zero-order chi connectivity index (χ0) is 19.4. The van der Waals surface area contributed by atoms with E-state index in [2.05, 4.69) is 20.6 Å². The van der Waals surface area contributed by atoms with Crippen LogP contribution in [0.2, 0.25) is 0 Å². The highest BCUT2D eigenvalue weighted by molar-refractivity contribution is 6.04. The minimum Gasteiger partial charge on any atom is -0.368 e. The summed E-state index contributed by atoms with van der Waals surface area (Å²) >= 11 is 0. The lowest BCUT2D eigenvalue weighted by Gasteiger charge is -2.13. The van der Waals surface area contributed by atoms with Crippen LogP contribution in [0.5, 0.6) is 0 Å². The summed E-state index contributed by atoms with van der Waals surface area (Å²) < 4.78 is 0. The van der Waals surface area contributed by atoms with Gasteiger partial charge in [0.25, 0.3) is 5.91 Å². The molecule has 0 aliphatic carbocycles. The summed E-state index contributed by atoms with van der Waals surface area (Å²) in [4.78, 5) is 21.9. The number of nitrogens with zero attached hydrogens (tertiary/aromatic N) is 2. The Kier molecular flexibility index (Phi) is 5.50. The van der Waals surface area contributed by atoms with Gasteiger partial charge >= 0.3 is 0 Å². The van der Waals surface area contributed by atoms with Crippen LogP contribution in [-0.4, -0.2) is 21.9 Å². The Labute approximate surface area is 159 Å². The molecule has 0 aliphatic rings. The molecule has 2 N–H and O–H groups in total. The summed E-state index contributed by atoms with van der Waals surface area (Å²) in [6.45, 7) is 8.02. The molecule has 2 aromatic carbocycles. The Morgan fingerprint density at radius 1 is 0.963 bits per heavy atom. The zero-order valence-electron chi connectivity index (χ0n) is 16.1. The van der Waals surface area contributed by atoms with E-state index in [1.807, 2.05) is 76.2 Å². The fourth-order valence-corrected chi connectivity index (χ4v) is 2.71. The molecule has 0 fully saturated rings. The fraction of sp³-hybridized carbons (Fsp3) is 0.227. The highest BCUT2D eigenvalue weighted by Gasteiger charge is 2.14. The van der Waals surface area contributed by atoms with Crippen LogP contribution in [0.25, 0.3) is 11.4 Å². The van der Waals surface area contributed by atoms with Crippen molar-refractivity contribution in [2.24, 2.45) is 0 Å². The van der Waals surface area contributed by atoms with Crippen LogP contribution in [0.3, 0.4) is 0 Å². The third-order valence-corrected chi connectivity index (χ3v) is 4.07. The standard InChI is InChI=1S/C22H24N4O/c1-14(2)23-20-13-19(24-21(26-20)17-8-6-5-7-9-17)22(27)25-18-12-15(3)10-11-16(18)4/h5-14H,1-4H3,(H,25,27)(H,23,24,26). The van der Waals surface area contributed by atoms with E-state index in [0.717, 1.165) is 22.4 Å². The van der Waals surface area contributed by atoms with E-state index in [0.29, 0.717) is 17.3 Å². The lowest BCUT2D eigenvalue weighted by Crippen LogP contribution is -2.18. The number of benzene rings is 2. The Morgan fingerprint density at radius 3 is 2.41 bits per heavy atom. The van der Waals surface area contributed by atoms with Gasteiger partial charge in [-0.25, -0.2) is 9.97 Å². The lowest BCUT2D eigenvalue weighted by atomic mass is 10.1. The number of amides is 1. The number of hydrogen-bond acceptors (Lipinski definition) is 4. The van der Waals surface area contributed by atoms with E-state index in [1.54, 1.807) is 6.07 Å². The first kappa shape index (κ1) is 18.6. The number of anilines is 2. The number of carbonyl (C=O) groups is 1. The van der Waals surface area contributed by atoms with Crippen LogP contribution in [0.4, 0.5) is 11.5 Å². The predicted molar refractivity (Wildman–Crippen MR) is 110 cm³/mol. The van der Waals surface area contributed by atoms with Crippen molar-refractivity contribution in [2.45, 2.75) is 33.7 Å². The molecule has 0 saturated carbocycles. The molecule has 0 spiro atoms. The first-order chi connectivity index (χ1) is 12.9. The smallest absolute Gasteiger partial charge is 0.274 e. The molecule has 3 aromatic rings. The highest BCUT2D eigenvalue weighted by Crippen LogP contribution is 2.21. The van der Waals surface area contributed by atoms with Crippen molar-refractivity contribution in [3.63, 3.8) is 0 Å². The quantitative estimate of drug-likeness (QED) is 0.684. The summed E-state index contributed by atoms with van der Waals surface area (Å²) in [5.41, 5.74) is 4.08. The normalized spacial score (nSPS) is 10.7. The van der Waals surface area contributed by atoms with Gasteiger partial charge in [-0.1, -0.05) is 42.5 Å². The summed E-state index contributed by atoms with van der Waals surface area (Å²) in [6, 6.07) is 17.5. The highest BCUT2D eigenvalue weighted by atomic mass is 16.1. The third-order valence-electron chi connectivity index (χ3n) is 4.07. The average Bonchev–Trinajstić information content (AvgIpc) is 2.64. The molecule has 1 amide bonds. The first-order valence-corrected chi connectivity index (χ1v) is 9.02. The van der Waals surface area contributed by atoms with Gasteiger partial charge in [0.15, 0.2) is 5.82 Å². The van der Waals surface area contributed by atoms with Crippen molar-refractivity contribution >= 4 is 17.4 Å². The van der Waals surface area contributed by atoms with Crippen molar-refractivity contribution in [3.05, 3.63) is 71.4 Å². The SMILES string of the molecule is Cc1ccc(C)c(NC(=O)c2cc(NC(C)C)nc(-c3ccccc3)n2)c1. The second-order valence-electron chi connectivity index (χ2n) is 6.90. The summed E-state index contributed by atoms with van der Waals surface area (Å²) in [5, 5.41) is 6.23. The van der Waals surface area contributed by atoms with Crippen LogP contribution in [0.1, 0.15) is 35.5 Å². The minimum atomic E-state index is -0.255. The largest absolute Gasteiger partial charge is 0.368 e. The third kappa shape index (κ3) is 4.70. The number of nitrogens with one attached hydrogen (secondary N) is 2. The molecule has 1 aromatic heterocycles. The van der Waals surface area contributed by atoms with Crippen LogP contribution in [0.15, 0.2) is 54.6 Å². The molecule has 27 heavy (non-hydrogen) atoms. The lowest BCUT2D eigenvalue weighted by molar-refractivity contribution is 0.102. The van der Waals surface area contributed by atoms with Crippen LogP contribution >= 0.6 is 0 Å². The Bertz CT molecular complexity index is 952. The molecule has 0 radical (unpaired) electrons. The van der Waals surface area contributed by atoms with Crippen LogP contribution < -0.4 is 10.6 Å². The molecule has 0 saturated heterocycles. The van der Waals surface area contributed by atoms with Gasteiger partial charge in [0.05, 0.1) is 0 Å². The monoisotopic (exact) mass is 360 g/mol. The number of aryl methyl sites for hydroxylation is 2. The first-order valence-electron chi connectivity index (χ1n) is 9.02. The molecule has 5 nitrogen and oxygen atoms in total. The molecule has 3 rings (SSSR count). The summed E-state index contributed by atoms with van der Waals surface area (Å²) in [7, 11) is 0. The predicted octanol–water partition coefficient (Wildman–Crippen LogP) is 4.83. The molecule has 0 unspecified atom stereocenters. The van der Waals surface area contributed by atoms with E-state index in [4.69, 9.17) is 0 Å². The molecular formula is C22H24N4O. The Balaban J connectivity index is 1.97. The van der Waals surface area contributed by atoms with Crippen molar-refractivity contribution in [2.75, 3.05) is 10.6 Å². The summed E-state index contributed by atoms with van der Waals surface area (Å²) in [5.74, 6) is 0.896. The maximum absolute atomic E-state index is 12.9. The number of rotatable bonds is 5. The van der Waals surface area contributed by atoms with Gasteiger partial charge in [-0.15, -0.1) is 0 Å². The average molecular weight is 360 g/mol. The van der Waals surface area contributed by atoms with E-state index < -0.39 is 0 Å². The second-order valence-corrected chi connectivity index (χ2v) is 6.90. The van der Waals surface area contributed by atoms with Crippen LogP contribution in [0, 0.1) is 13.8 Å². The topological polar surface area (TPSA) is 66.9 Å². The van der Waals surface area contributed by atoms with Gasteiger partial charge in [-0.3, -0.25) is 4.79 Å². The van der Waals surface area contributed by atoms with Gasteiger partial charge < -0.3 is 10.6 Å². The van der Waals surface area contributed by atoms with E-state index in [-0.39, 0.29) is 11.9 Å². The van der Waals surface area contributed by atoms with Gasteiger partial charge in [0, 0.05) is 23.4 Å². The van der Waals surface area contributed by atoms with E-state index in [1.165, 1.54) is 0 Å². The zero-order valence-corrected chi connectivity index (χ0v) is 16.1. The molecule has 5 heteroatoms. The van der Waals surface area contributed by atoms with Gasteiger partial charge in [0.1, 0.15) is 11.5 Å². The second kappa shape index (κ2) is 7.99. The maximum atomic E-state index is 12.9. The minimum absolute atomic E-state index is 0.193. The van der Waals surface area contributed by atoms with Crippen molar-refractivity contribution in [1.29, 1.82) is 0 Å². The fourth-order valence-electron chi connectivity index (χ4n) is 2.71. The Hall–Kier alpha value is -3.21. The van der Waals surface area contributed by atoms with Crippen molar-refractivity contribution < 1.29 is 4.79 Å². The molecule has 0 aliphatic heterocycles. The van der Waals surface area contributed by atoms with E-state index in [9.17, 15) is 4.79 Å². The molecular weight excluding hydrogens is 336 g/mol. The Morgan fingerprint density at radius 2 is 1.70 bits per heavy atom. The maximum Gasteiger partial charge on any atom is 0.274 e. The van der Waals surface area contributed by atoms with Crippen molar-refractivity contribution in [3.8, 4) is 11.4 Å². The number of hydrogen-bond donors (Lipinski definition) is 2. The summed E-state index contributed by atoms with van der Waals surface area (Å²) in [6.07, 6.45) is 0. The van der Waals surface area contributed by atoms with Gasteiger partial charge in [-0.2, -0.15) is 0 Å². The molecule has 0 atom stereocenters. The number of aromatic nitrogens is 2. The molecule has 138 valence electrons. The molecule has 0 bridgehead atoms.